The van der Waals surface area contributed by atoms with E-state index in [2.05, 4.69) is 11.4 Å². The second-order valence-corrected chi connectivity index (χ2v) is 6.79. The van der Waals surface area contributed by atoms with Gasteiger partial charge in [0, 0.05) is 11.6 Å². The molecule has 0 saturated heterocycles. The molecule has 1 aliphatic rings. The molecule has 1 unspecified atom stereocenters. The average Bonchev–Trinajstić information content (AvgIpc) is 2.46. The zero-order valence-corrected chi connectivity index (χ0v) is 13.9. The molecular formula is C18H24N2O3. The van der Waals surface area contributed by atoms with Crippen molar-refractivity contribution >= 4 is 17.6 Å². The number of alkyl carbamates (subject to hydrolysis) is 1. The fourth-order valence-corrected chi connectivity index (χ4v) is 2.55. The summed E-state index contributed by atoms with van der Waals surface area (Å²) in [5.41, 5.74) is 7.58. The van der Waals surface area contributed by atoms with Gasteiger partial charge < -0.3 is 15.8 Å². The van der Waals surface area contributed by atoms with Crippen molar-refractivity contribution < 1.29 is 14.3 Å². The van der Waals surface area contributed by atoms with Gasteiger partial charge in [-0.15, -0.1) is 0 Å². The van der Waals surface area contributed by atoms with Crippen LogP contribution in [0.25, 0.3) is 5.57 Å². The fourth-order valence-electron chi connectivity index (χ4n) is 2.55. The molecule has 0 radical (unpaired) electrons. The van der Waals surface area contributed by atoms with Crippen LogP contribution in [0.4, 0.5) is 4.79 Å². The summed E-state index contributed by atoms with van der Waals surface area (Å²) in [6.07, 6.45) is 4.26. The van der Waals surface area contributed by atoms with E-state index in [1.165, 1.54) is 5.57 Å². The van der Waals surface area contributed by atoms with Crippen molar-refractivity contribution in [2.75, 3.05) is 0 Å². The van der Waals surface area contributed by atoms with Gasteiger partial charge in [-0.2, -0.15) is 0 Å². The van der Waals surface area contributed by atoms with E-state index in [-0.39, 0.29) is 12.1 Å². The Bertz CT molecular complexity index is 612. The van der Waals surface area contributed by atoms with Crippen LogP contribution in [0.15, 0.2) is 30.3 Å². The van der Waals surface area contributed by atoms with Crippen molar-refractivity contribution in [2.45, 2.75) is 51.7 Å². The van der Waals surface area contributed by atoms with Gasteiger partial charge in [0.2, 0.25) is 5.91 Å². The second kappa shape index (κ2) is 6.86. The smallest absolute Gasteiger partial charge is 0.407 e. The quantitative estimate of drug-likeness (QED) is 0.898. The summed E-state index contributed by atoms with van der Waals surface area (Å²) in [5.74, 6) is -0.421. The lowest BCUT2D eigenvalue weighted by Crippen LogP contribution is -2.39. The molecule has 3 N–H and O–H groups in total. The Morgan fingerprint density at radius 3 is 2.35 bits per heavy atom. The maximum atomic E-state index is 11.8. The van der Waals surface area contributed by atoms with Crippen LogP contribution >= 0.6 is 0 Å². The van der Waals surface area contributed by atoms with Crippen molar-refractivity contribution in [3.8, 4) is 0 Å². The lowest BCUT2D eigenvalue weighted by Gasteiger charge is -2.26. The van der Waals surface area contributed by atoms with Crippen LogP contribution in [0.1, 0.15) is 56.0 Å². The number of amides is 2. The summed E-state index contributed by atoms with van der Waals surface area (Å²) in [5, 5.41) is 2.90. The first-order valence-electron chi connectivity index (χ1n) is 7.83. The van der Waals surface area contributed by atoms with Crippen LogP contribution in [0.3, 0.4) is 0 Å². The molecule has 0 heterocycles. The zero-order valence-electron chi connectivity index (χ0n) is 13.9. The molecule has 0 aliphatic heterocycles. The fraction of sp³-hybridized carbons (Fsp3) is 0.444. The van der Waals surface area contributed by atoms with Gasteiger partial charge >= 0.3 is 6.09 Å². The van der Waals surface area contributed by atoms with Gasteiger partial charge in [-0.05, 0) is 63.3 Å². The van der Waals surface area contributed by atoms with E-state index in [1.54, 1.807) is 12.1 Å². The molecule has 1 atom stereocenters. The number of ether oxygens (including phenoxy) is 1. The first kappa shape index (κ1) is 17.1. The van der Waals surface area contributed by atoms with Gasteiger partial charge in [-0.3, -0.25) is 4.79 Å². The molecule has 1 aromatic carbocycles. The van der Waals surface area contributed by atoms with E-state index in [1.807, 2.05) is 32.9 Å². The van der Waals surface area contributed by atoms with Crippen molar-refractivity contribution in [3.05, 3.63) is 41.5 Å². The molecule has 5 nitrogen and oxygen atoms in total. The highest BCUT2D eigenvalue weighted by Gasteiger charge is 2.21. The van der Waals surface area contributed by atoms with Gasteiger partial charge in [0.15, 0.2) is 0 Å². The topological polar surface area (TPSA) is 81.4 Å². The summed E-state index contributed by atoms with van der Waals surface area (Å²) >= 11 is 0. The van der Waals surface area contributed by atoms with Crippen LogP contribution in [0, 0.1) is 0 Å². The van der Waals surface area contributed by atoms with Gasteiger partial charge in [0.1, 0.15) is 5.60 Å². The number of nitrogens with two attached hydrogens (primary N) is 1. The minimum absolute atomic E-state index is 0.0958. The van der Waals surface area contributed by atoms with E-state index in [9.17, 15) is 9.59 Å². The number of hydrogen-bond donors (Lipinski definition) is 2. The van der Waals surface area contributed by atoms with Gasteiger partial charge in [0.25, 0.3) is 0 Å². The van der Waals surface area contributed by atoms with E-state index in [0.29, 0.717) is 5.56 Å². The molecule has 0 fully saturated rings. The predicted molar refractivity (Wildman–Crippen MR) is 89.9 cm³/mol. The lowest BCUT2D eigenvalue weighted by molar-refractivity contribution is 0.0501. The normalized spacial score (nSPS) is 18.0. The minimum atomic E-state index is -0.484. The third kappa shape index (κ3) is 5.13. The predicted octanol–water partition coefficient (Wildman–Crippen LogP) is 3.25. The van der Waals surface area contributed by atoms with Crippen molar-refractivity contribution in [1.82, 2.24) is 5.32 Å². The number of primary amides is 1. The Balaban J connectivity index is 1.93. The summed E-state index contributed by atoms with van der Waals surface area (Å²) < 4.78 is 5.27. The van der Waals surface area contributed by atoms with E-state index >= 15 is 0 Å². The third-order valence-electron chi connectivity index (χ3n) is 3.67. The van der Waals surface area contributed by atoms with E-state index in [4.69, 9.17) is 10.5 Å². The number of hydrogen-bond acceptors (Lipinski definition) is 3. The van der Waals surface area contributed by atoms with Crippen LogP contribution in [-0.2, 0) is 4.74 Å². The summed E-state index contributed by atoms with van der Waals surface area (Å²) in [7, 11) is 0. The summed E-state index contributed by atoms with van der Waals surface area (Å²) in [4.78, 5) is 22.9. The van der Waals surface area contributed by atoms with Crippen LogP contribution < -0.4 is 11.1 Å². The Morgan fingerprint density at radius 1 is 1.22 bits per heavy atom. The number of carbonyl (C=O) groups excluding carboxylic acids is 2. The number of carbonyl (C=O) groups is 2. The minimum Gasteiger partial charge on any atom is -0.444 e. The largest absolute Gasteiger partial charge is 0.444 e. The molecule has 0 aromatic heterocycles. The highest BCUT2D eigenvalue weighted by Crippen LogP contribution is 2.27. The number of rotatable bonds is 3. The van der Waals surface area contributed by atoms with E-state index in [0.717, 1.165) is 24.8 Å². The van der Waals surface area contributed by atoms with Crippen molar-refractivity contribution in [2.24, 2.45) is 5.73 Å². The first-order chi connectivity index (χ1) is 10.7. The molecule has 1 aromatic rings. The Labute approximate surface area is 136 Å². The number of benzene rings is 1. The molecule has 2 amide bonds. The molecule has 0 spiro atoms. The average molecular weight is 316 g/mol. The highest BCUT2D eigenvalue weighted by molar-refractivity contribution is 5.93. The molecule has 5 heteroatoms. The zero-order chi connectivity index (χ0) is 17.0. The van der Waals surface area contributed by atoms with E-state index < -0.39 is 11.5 Å². The maximum Gasteiger partial charge on any atom is 0.407 e. The second-order valence-electron chi connectivity index (χ2n) is 6.79. The third-order valence-corrected chi connectivity index (χ3v) is 3.67. The molecular weight excluding hydrogens is 292 g/mol. The van der Waals surface area contributed by atoms with Crippen LogP contribution in [0.5, 0.6) is 0 Å². The van der Waals surface area contributed by atoms with Gasteiger partial charge in [0.05, 0.1) is 0 Å². The first-order valence-corrected chi connectivity index (χ1v) is 7.83. The highest BCUT2D eigenvalue weighted by atomic mass is 16.6. The molecule has 2 rings (SSSR count). The Kier molecular flexibility index (Phi) is 5.08. The Hall–Kier alpha value is -2.30. The van der Waals surface area contributed by atoms with Crippen LogP contribution in [-0.4, -0.2) is 23.6 Å². The molecule has 23 heavy (non-hydrogen) atoms. The summed E-state index contributed by atoms with van der Waals surface area (Å²) in [6.45, 7) is 5.55. The molecule has 1 aliphatic carbocycles. The van der Waals surface area contributed by atoms with Crippen LogP contribution in [0.2, 0.25) is 0 Å². The number of allylic oxidation sites excluding steroid dienone is 1. The van der Waals surface area contributed by atoms with Crippen molar-refractivity contribution in [3.63, 3.8) is 0 Å². The summed E-state index contributed by atoms with van der Waals surface area (Å²) in [6, 6.07) is 7.40. The Morgan fingerprint density at radius 2 is 1.87 bits per heavy atom. The molecule has 124 valence electrons. The number of nitrogens with one attached hydrogen (secondary N) is 1. The van der Waals surface area contributed by atoms with Crippen molar-refractivity contribution in [1.29, 1.82) is 0 Å². The monoisotopic (exact) mass is 316 g/mol. The molecule has 0 saturated carbocycles. The maximum absolute atomic E-state index is 11.8. The van der Waals surface area contributed by atoms with Gasteiger partial charge in [-0.1, -0.05) is 18.2 Å². The lowest BCUT2D eigenvalue weighted by atomic mass is 9.90. The van der Waals surface area contributed by atoms with Gasteiger partial charge in [-0.25, -0.2) is 4.79 Å². The standard InChI is InChI=1S/C18H24N2O3/c1-18(2,3)23-17(22)20-15-10-8-13(9-11-15)12-4-6-14(7-5-12)16(19)21/h4-8,15H,9-11H2,1-3H3,(H2,19,21)(H,20,22). The SMILES string of the molecule is CC(C)(C)OC(=O)NC1CC=C(c2ccc(C(N)=O)cc2)CC1. The molecule has 0 bridgehead atoms.